The number of anilines is 1. The zero-order chi connectivity index (χ0) is 15.5. The molecule has 110 valence electrons. The summed E-state index contributed by atoms with van der Waals surface area (Å²) in [6.07, 6.45) is 6.50. The van der Waals surface area contributed by atoms with Crippen molar-refractivity contribution >= 4 is 39.1 Å². The molecule has 0 aliphatic carbocycles. The molecule has 0 radical (unpaired) electrons. The maximum absolute atomic E-state index is 12.3. The number of rotatable bonds is 3. The zero-order valence-electron chi connectivity index (χ0n) is 11.1. The molecule has 0 aliphatic rings. The number of amides is 1. The number of pyridine rings is 2. The number of aromatic nitrogens is 4. The molecule has 0 fully saturated rings. The Morgan fingerprint density at radius 3 is 2.86 bits per heavy atom. The van der Waals surface area contributed by atoms with Crippen LogP contribution in [-0.2, 0) is 0 Å². The van der Waals surface area contributed by atoms with Gasteiger partial charge in [-0.1, -0.05) is 11.6 Å². The van der Waals surface area contributed by atoms with Gasteiger partial charge in [-0.05, 0) is 40.2 Å². The highest BCUT2D eigenvalue weighted by molar-refractivity contribution is 9.10. The van der Waals surface area contributed by atoms with Crippen LogP contribution in [0.5, 0.6) is 0 Å². The fourth-order valence-electron chi connectivity index (χ4n) is 1.83. The normalized spacial score (nSPS) is 10.5. The Bertz CT molecular complexity index is 835. The maximum atomic E-state index is 12.3. The first-order valence-corrected chi connectivity index (χ1v) is 7.39. The summed E-state index contributed by atoms with van der Waals surface area (Å²) in [5, 5.41) is 7.22. The van der Waals surface area contributed by atoms with Crippen molar-refractivity contribution in [3.63, 3.8) is 0 Å². The predicted molar refractivity (Wildman–Crippen MR) is 86.3 cm³/mol. The van der Waals surface area contributed by atoms with Gasteiger partial charge < -0.3 is 5.32 Å². The quantitative estimate of drug-likeness (QED) is 0.710. The number of nitrogens with zero attached hydrogens (tertiary/aromatic N) is 4. The molecular formula is C14H9BrClN5O. The van der Waals surface area contributed by atoms with Crippen molar-refractivity contribution in [2.24, 2.45) is 0 Å². The molecule has 0 atom stereocenters. The predicted octanol–water partition coefficient (Wildman–Crippen LogP) is 3.33. The largest absolute Gasteiger partial charge is 0.319 e. The zero-order valence-corrected chi connectivity index (χ0v) is 13.4. The van der Waals surface area contributed by atoms with E-state index in [1.165, 1.54) is 12.3 Å². The van der Waals surface area contributed by atoms with Gasteiger partial charge in [-0.3, -0.25) is 4.79 Å². The second-order valence-electron chi connectivity index (χ2n) is 4.30. The molecule has 1 amide bonds. The van der Waals surface area contributed by atoms with Crippen molar-refractivity contribution in [1.82, 2.24) is 19.7 Å². The lowest BCUT2D eigenvalue weighted by Gasteiger charge is -2.10. The summed E-state index contributed by atoms with van der Waals surface area (Å²) < 4.78 is 2.38. The molecule has 0 bridgehead atoms. The number of carbonyl (C=O) groups is 1. The molecule has 6 nitrogen and oxygen atoms in total. The molecule has 0 saturated heterocycles. The summed E-state index contributed by atoms with van der Waals surface area (Å²) in [6, 6.07) is 6.56. The fraction of sp³-hybridized carbons (Fsp3) is 0. The number of halogens is 2. The third-order valence-corrected chi connectivity index (χ3v) is 3.41. The van der Waals surface area contributed by atoms with Crippen LogP contribution in [-0.4, -0.2) is 25.7 Å². The lowest BCUT2D eigenvalue weighted by Crippen LogP contribution is -2.14. The molecule has 0 aliphatic heterocycles. The second-order valence-corrected chi connectivity index (χ2v) is 5.60. The third kappa shape index (κ3) is 3.15. The van der Waals surface area contributed by atoms with Crippen molar-refractivity contribution in [3.05, 3.63) is 64.2 Å². The molecule has 0 unspecified atom stereocenters. The Morgan fingerprint density at radius 1 is 1.27 bits per heavy atom. The highest BCUT2D eigenvalue weighted by atomic mass is 79.9. The molecule has 8 heteroatoms. The minimum atomic E-state index is -0.301. The molecule has 0 spiro atoms. The van der Waals surface area contributed by atoms with E-state index in [2.05, 4.69) is 36.3 Å². The van der Waals surface area contributed by atoms with E-state index in [0.29, 0.717) is 17.1 Å². The summed E-state index contributed by atoms with van der Waals surface area (Å²) in [7, 11) is 0. The van der Waals surface area contributed by atoms with Crippen LogP contribution in [0.2, 0.25) is 5.15 Å². The Hall–Kier alpha value is -2.25. The number of hydrogen-bond acceptors (Lipinski definition) is 4. The van der Waals surface area contributed by atoms with E-state index in [1.807, 2.05) is 0 Å². The van der Waals surface area contributed by atoms with E-state index in [9.17, 15) is 4.79 Å². The molecule has 0 saturated carbocycles. The number of nitrogens with one attached hydrogen (secondary N) is 1. The minimum Gasteiger partial charge on any atom is -0.319 e. The highest BCUT2D eigenvalue weighted by Crippen LogP contribution is 2.19. The van der Waals surface area contributed by atoms with Crippen LogP contribution in [0.1, 0.15) is 10.4 Å². The van der Waals surface area contributed by atoms with Crippen LogP contribution in [0.15, 0.2) is 53.5 Å². The Balaban J connectivity index is 1.91. The van der Waals surface area contributed by atoms with Gasteiger partial charge in [-0.15, -0.1) is 0 Å². The molecule has 0 aromatic carbocycles. The van der Waals surface area contributed by atoms with Gasteiger partial charge in [0.05, 0.1) is 16.4 Å². The van der Waals surface area contributed by atoms with Crippen LogP contribution in [0.4, 0.5) is 5.69 Å². The van der Waals surface area contributed by atoms with E-state index in [4.69, 9.17) is 11.6 Å². The lowest BCUT2D eigenvalue weighted by atomic mass is 10.2. The summed E-state index contributed by atoms with van der Waals surface area (Å²) in [4.78, 5) is 20.4. The number of carbonyl (C=O) groups excluding carboxylic acids is 1. The van der Waals surface area contributed by atoms with E-state index in [0.717, 1.165) is 4.47 Å². The first-order valence-electron chi connectivity index (χ1n) is 6.22. The molecule has 3 heterocycles. The first-order chi connectivity index (χ1) is 10.6. The van der Waals surface area contributed by atoms with E-state index in [1.54, 1.807) is 41.5 Å². The van der Waals surface area contributed by atoms with Crippen LogP contribution in [0.3, 0.4) is 0 Å². The van der Waals surface area contributed by atoms with Gasteiger partial charge in [0.25, 0.3) is 5.91 Å². The smallest absolute Gasteiger partial charge is 0.255 e. The number of hydrogen-bond donors (Lipinski definition) is 1. The fourth-order valence-corrected chi connectivity index (χ4v) is 2.29. The van der Waals surface area contributed by atoms with E-state index < -0.39 is 0 Å². The first kappa shape index (κ1) is 14.7. The summed E-state index contributed by atoms with van der Waals surface area (Å²) in [5.41, 5.74) is 0.951. The standard InChI is InChI=1S/C14H9BrClN5O/c15-10-7-19-21(8-10)13-11(2-1-4-18-13)20-14(22)9-3-5-17-12(16)6-9/h1-8H,(H,20,22). The van der Waals surface area contributed by atoms with Gasteiger partial charge in [0.1, 0.15) is 5.15 Å². The summed E-state index contributed by atoms with van der Waals surface area (Å²) in [6.45, 7) is 0. The van der Waals surface area contributed by atoms with Gasteiger partial charge in [0.15, 0.2) is 5.82 Å². The molecule has 3 aromatic rings. The SMILES string of the molecule is O=C(Nc1cccnc1-n1cc(Br)cn1)c1ccnc(Cl)c1. The van der Waals surface area contributed by atoms with Crippen LogP contribution < -0.4 is 5.32 Å². The van der Waals surface area contributed by atoms with Crippen molar-refractivity contribution < 1.29 is 4.79 Å². The Morgan fingerprint density at radius 2 is 2.14 bits per heavy atom. The monoisotopic (exact) mass is 377 g/mol. The van der Waals surface area contributed by atoms with Crippen molar-refractivity contribution in [2.75, 3.05) is 5.32 Å². The summed E-state index contributed by atoms with van der Waals surface area (Å²) >= 11 is 9.13. The Labute approximate surface area is 139 Å². The van der Waals surface area contributed by atoms with Gasteiger partial charge >= 0.3 is 0 Å². The van der Waals surface area contributed by atoms with Crippen molar-refractivity contribution in [1.29, 1.82) is 0 Å². The molecule has 22 heavy (non-hydrogen) atoms. The van der Waals surface area contributed by atoms with Crippen LogP contribution in [0, 0.1) is 0 Å². The van der Waals surface area contributed by atoms with E-state index in [-0.39, 0.29) is 11.1 Å². The average molecular weight is 379 g/mol. The van der Waals surface area contributed by atoms with E-state index >= 15 is 0 Å². The minimum absolute atomic E-state index is 0.259. The third-order valence-electron chi connectivity index (χ3n) is 2.79. The van der Waals surface area contributed by atoms with Crippen LogP contribution >= 0.6 is 27.5 Å². The lowest BCUT2D eigenvalue weighted by molar-refractivity contribution is 0.102. The molecular weight excluding hydrogens is 370 g/mol. The van der Waals surface area contributed by atoms with Crippen molar-refractivity contribution in [3.8, 4) is 5.82 Å². The topological polar surface area (TPSA) is 72.7 Å². The molecule has 3 rings (SSSR count). The summed E-state index contributed by atoms with van der Waals surface area (Å²) in [5.74, 6) is 0.214. The van der Waals surface area contributed by atoms with Crippen molar-refractivity contribution in [2.45, 2.75) is 0 Å². The maximum Gasteiger partial charge on any atom is 0.255 e. The van der Waals surface area contributed by atoms with Gasteiger partial charge in [0, 0.05) is 24.2 Å². The molecule has 3 aromatic heterocycles. The van der Waals surface area contributed by atoms with Gasteiger partial charge in [-0.25, -0.2) is 14.6 Å². The van der Waals surface area contributed by atoms with Gasteiger partial charge in [0.2, 0.25) is 0 Å². The second kappa shape index (κ2) is 6.25. The highest BCUT2D eigenvalue weighted by Gasteiger charge is 2.12. The molecule has 1 N–H and O–H groups in total. The van der Waals surface area contributed by atoms with Crippen LogP contribution in [0.25, 0.3) is 5.82 Å². The Kier molecular flexibility index (Phi) is 4.17. The average Bonchev–Trinajstić information content (AvgIpc) is 2.94. The van der Waals surface area contributed by atoms with Gasteiger partial charge in [-0.2, -0.15) is 5.10 Å².